The zero-order valence-corrected chi connectivity index (χ0v) is 31.1. The van der Waals surface area contributed by atoms with Gasteiger partial charge in [0.25, 0.3) is 0 Å². The molecule has 0 saturated heterocycles. The second-order valence-corrected chi connectivity index (χ2v) is 15.0. The van der Waals surface area contributed by atoms with E-state index in [1.165, 1.54) is 44.6 Å². The molecular weight excluding hydrogens is 793 g/mol. The van der Waals surface area contributed by atoms with E-state index in [0.717, 1.165) is 22.9 Å². The van der Waals surface area contributed by atoms with Gasteiger partial charge in [0, 0.05) is 26.6 Å². The molecule has 0 fully saturated rings. The second kappa shape index (κ2) is 18.9. The van der Waals surface area contributed by atoms with Crippen molar-refractivity contribution in [3.8, 4) is 0 Å². The molecule has 0 unspecified atom stereocenters. The van der Waals surface area contributed by atoms with Crippen molar-refractivity contribution in [3.63, 3.8) is 0 Å². The number of esters is 2. The number of methoxy groups -OCH3 is 2. The number of halogens is 5. The summed E-state index contributed by atoms with van der Waals surface area (Å²) in [5.41, 5.74) is 1.71. The average Bonchev–Trinajstić information content (AvgIpc) is 3.02. The van der Waals surface area contributed by atoms with Crippen LogP contribution in [0, 0.1) is 11.6 Å². The van der Waals surface area contributed by atoms with Gasteiger partial charge in [-0.05, 0) is 66.2 Å². The van der Waals surface area contributed by atoms with Crippen LogP contribution in [-0.2, 0) is 41.4 Å². The van der Waals surface area contributed by atoms with Gasteiger partial charge in [-0.15, -0.1) is 0 Å². The maximum absolute atomic E-state index is 14.2. The Bertz CT molecular complexity index is 2000. The first-order chi connectivity index (χ1) is 22.9. The zero-order valence-electron chi connectivity index (χ0n) is 26.4. The van der Waals surface area contributed by atoms with Crippen molar-refractivity contribution in [2.24, 2.45) is 0 Å². The lowest BCUT2D eigenvalue weighted by molar-refractivity contribution is 0.0591. The topological polar surface area (TPSA) is 136 Å². The van der Waals surface area contributed by atoms with Gasteiger partial charge >= 0.3 is 11.9 Å². The minimum absolute atomic E-state index is 0.0485. The number of anilines is 2. The number of sulfonamides is 2. The lowest BCUT2D eigenvalue weighted by atomic mass is 10.1. The number of ether oxygens (including phenoxy) is 2. The highest BCUT2D eigenvalue weighted by Gasteiger charge is 2.20. The Morgan fingerprint density at radius 3 is 1.65 bits per heavy atom. The average molecular weight is 825 g/mol. The van der Waals surface area contributed by atoms with Gasteiger partial charge in [-0.1, -0.05) is 63.4 Å². The Kier molecular flexibility index (Phi) is 15.9. The summed E-state index contributed by atoms with van der Waals surface area (Å²) in [7, 11) is -4.41. The Morgan fingerprint density at radius 2 is 1.24 bits per heavy atom. The van der Waals surface area contributed by atoms with Crippen LogP contribution in [0.5, 0.6) is 0 Å². The highest BCUT2D eigenvalue weighted by Crippen LogP contribution is 2.25. The van der Waals surface area contributed by atoms with Crippen LogP contribution in [0.1, 0.15) is 31.8 Å². The molecule has 4 aromatic rings. The molecular formula is C32H31BrCl2F2N2O8S2. The number of hydrogen-bond acceptors (Lipinski definition) is 8. The molecule has 0 aliphatic heterocycles. The maximum atomic E-state index is 14.2. The van der Waals surface area contributed by atoms with E-state index >= 15 is 0 Å². The molecule has 49 heavy (non-hydrogen) atoms. The highest BCUT2D eigenvalue weighted by atomic mass is 79.9. The third kappa shape index (κ3) is 13.9. The molecule has 0 aromatic heterocycles. The fraction of sp³-hybridized carbons (Fsp3) is 0.188. The summed E-state index contributed by atoms with van der Waals surface area (Å²) >= 11 is 14.7. The molecule has 4 rings (SSSR count). The van der Waals surface area contributed by atoms with Gasteiger partial charge in [-0.2, -0.15) is 0 Å². The number of hydrogen-bond donors (Lipinski definition) is 1. The van der Waals surface area contributed by atoms with E-state index in [9.17, 15) is 35.2 Å². The maximum Gasteiger partial charge on any atom is 0.337 e. The van der Waals surface area contributed by atoms with Crippen LogP contribution >= 0.6 is 39.1 Å². The van der Waals surface area contributed by atoms with Gasteiger partial charge in [0.05, 0.1) is 50.1 Å². The Labute approximate surface area is 302 Å². The zero-order chi connectivity index (χ0) is 36.9. The van der Waals surface area contributed by atoms with Gasteiger partial charge < -0.3 is 9.47 Å². The summed E-state index contributed by atoms with van der Waals surface area (Å²) in [4.78, 5) is 22.4. The quantitative estimate of drug-likeness (QED) is 0.136. The number of rotatable bonds is 9. The molecule has 1 N–H and O–H groups in total. The van der Waals surface area contributed by atoms with Crippen molar-refractivity contribution in [1.29, 1.82) is 0 Å². The van der Waals surface area contributed by atoms with Crippen molar-refractivity contribution in [2.45, 2.75) is 11.9 Å². The van der Waals surface area contributed by atoms with E-state index in [4.69, 9.17) is 23.2 Å². The third-order valence-corrected chi connectivity index (χ3v) is 8.85. The third-order valence-electron chi connectivity index (χ3n) is 6.03. The predicted octanol–water partition coefficient (Wildman–Crippen LogP) is 7.45. The first-order valence-electron chi connectivity index (χ1n) is 13.6. The van der Waals surface area contributed by atoms with Crippen molar-refractivity contribution in [1.82, 2.24) is 0 Å². The molecule has 0 spiro atoms. The summed E-state index contributed by atoms with van der Waals surface area (Å²) in [6, 6.07) is 20.8. The molecule has 0 atom stereocenters. The number of nitrogens with zero attached hydrogens (tertiary/aromatic N) is 1. The van der Waals surface area contributed by atoms with Crippen LogP contribution < -0.4 is 9.03 Å². The molecule has 17 heteroatoms. The minimum Gasteiger partial charge on any atom is -0.465 e. The van der Waals surface area contributed by atoms with E-state index in [2.05, 4.69) is 30.1 Å². The van der Waals surface area contributed by atoms with Crippen LogP contribution in [0.2, 0.25) is 10.0 Å². The van der Waals surface area contributed by atoms with Crippen LogP contribution in [0.4, 0.5) is 20.2 Å². The summed E-state index contributed by atoms with van der Waals surface area (Å²) in [5, 5.41) is 1.30. The lowest BCUT2D eigenvalue weighted by Crippen LogP contribution is -2.29. The standard InChI is InChI=1S/C16H15ClFNO4S.C9H8BrFO2.C7H8ClNO2S/c1-23-16(20)11-6-7-12(15(18)8-11)10-19(24(2,21)22)14-5-3-4-13(17)9-14;1-13-9(12)6-2-3-7(5-10)8(11)4-6;1-12(10,11)9-7-4-2-3-6(8)5-7/h3-9H,10H2,1-2H3;2-4H,5H2,1H3;2-5,9H,1H3. The van der Waals surface area contributed by atoms with Crippen molar-refractivity contribution in [2.75, 3.05) is 35.8 Å². The lowest BCUT2D eigenvalue weighted by Gasteiger charge is -2.23. The van der Waals surface area contributed by atoms with Crippen molar-refractivity contribution in [3.05, 3.63) is 129 Å². The summed E-state index contributed by atoms with van der Waals surface area (Å²) < 4.78 is 85.3. The molecule has 264 valence electrons. The van der Waals surface area contributed by atoms with Crippen molar-refractivity contribution >= 4 is 82.5 Å². The van der Waals surface area contributed by atoms with Gasteiger partial charge in [-0.25, -0.2) is 35.2 Å². The molecule has 0 amide bonds. The summed E-state index contributed by atoms with van der Waals surface area (Å²) in [6.07, 6.45) is 2.11. The second-order valence-electron chi connectivity index (χ2n) is 9.86. The number of nitrogens with one attached hydrogen (secondary N) is 1. The molecule has 0 heterocycles. The normalized spacial score (nSPS) is 10.8. The molecule has 0 radical (unpaired) electrons. The largest absolute Gasteiger partial charge is 0.465 e. The monoisotopic (exact) mass is 822 g/mol. The first kappa shape index (κ1) is 41.4. The predicted molar refractivity (Wildman–Crippen MR) is 191 cm³/mol. The van der Waals surface area contributed by atoms with Crippen molar-refractivity contribution < 1.29 is 44.7 Å². The summed E-state index contributed by atoms with van der Waals surface area (Å²) in [5.74, 6) is -2.30. The number of alkyl halides is 1. The van der Waals surface area contributed by atoms with E-state index < -0.39 is 43.6 Å². The molecule has 0 bridgehead atoms. The molecule has 4 aromatic carbocycles. The Balaban J connectivity index is 0.000000281. The smallest absolute Gasteiger partial charge is 0.337 e. The Morgan fingerprint density at radius 1 is 0.755 bits per heavy atom. The van der Waals surface area contributed by atoms with Gasteiger partial charge in [0.2, 0.25) is 20.0 Å². The SMILES string of the molecule is COC(=O)c1ccc(CBr)c(F)c1.COC(=O)c1ccc(CN(c2cccc(Cl)c2)S(C)(=O)=O)c(F)c1.CS(=O)(=O)Nc1cccc(Cl)c1. The van der Waals surface area contributed by atoms with Gasteiger partial charge in [-0.3, -0.25) is 9.03 Å². The molecule has 0 aliphatic carbocycles. The highest BCUT2D eigenvalue weighted by molar-refractivity contribution is 9.08. The van der Waals surface area contributed by atoms with Crippen LogP contribution in [0.3, 0.4) is 0 Å². The fourth-order valence-corrected chi connectivity index (χ4v) is 6.03. The summed E-state index contributed by atoms with van der Waals surface area (Å²) in [6.45, 7) is -0.230. The van der Waals surface area contributed by atoms with Crippen LogP contribution in [0.25, 0.3) is 0 Å². The van der Waals surface area contributed by atoms with Gasteiger partial charge in [0.15, 0.2) is 0 Å². The number of carbonyl (C=O) groups is 2. The Hall–Kier alpha value is -3.76. The first-order valence-corrected chi connectivity index (χ1v) is 19.3. The minimum atomic E-state index is -3.66. The van der Waals surface area contributed by atoms with Gasteiger partial charge in [0.1, 0.15) is 11.6 Å². The molecule has 0 saturated carbocycles. The van der Waals surface area contributed by atoms with E-state index in [-0.39, 0.29) is 23.2 Å². The van der Waals surface area contributed by atoms with E-state index in [0.29, 0.717) is 32.3 Å². The number of carbonyl (C=O) groups excluding carboxylic acids is 2. The van der Waals surface area contributed by atoms with Crippen LogP contribution in [-0.4, -0.2) is 55.5 Å². The van der Waals surface area contributed by atoms with E-state index in [1.54, 1.807) is 48.5 Å². The van der Waals surface area contributed by atoms with Crippen LogP contribution in [0.15, 0.2) is 84.9 Å². The molecule has 10 nitrogen and oxygen atoms in total. The molecule has 0 aliphatic rings. The van der Waals surface area contributed by atoms with E-state index in [1.807, 2.05) is 0 Å². The number of benzene rings is 4. The fourth-order valence-electron chi connectivity index (χ4n) is 3.77.